The fourth-order valence-corrected chi connectivity index (χ4v) is 2.86. The quantitative estimate of drug-likeness (QED) is 0.490. The van der Waals surface area contributed by atoms with Crippen LogP contribution in [0.5, 0.6) is 11.5 Å². The van der Waals surface area contributed by atoms with Gasteiger partial charge in [-0.2, -0.15) is 0 Å². The SMILES string of the molecule is Cc1cc2nc(COc3ccccc3NC(=O)COc3ccc(F)cc3)cc(=O)n2o1. The predicted molar refractivity (Wildman–Crippen MR) is 110 cm³/mol. The van der Waals surface area contributed by atoms with Crippen LogP contribution in [0.2, 0.25) is 0 Å². The van der Waals surface area contributed by atoms with Crippen LogP contribution < -0.4 is 20.3 Å². The maximum atomic E-state index is 12.9. The van der Waals surface area contributed by atoms with Crippen molar-refractivity contribution < 1.29 is 23.2 Å². The van der Waals surface area contributed by atoms with Gasteiger partial charge in [-0.1, -0.05) is 12.1 Å². The summed E-state index contributed by atoms with van der Waals surface area (Å²) < 4.78 is 30.4. The van der Waals surface area contributed by atoms with Gasteiger partial charge >= 0.3 is 0 Å². The number of carbonyl (C=O) groups is 1. The summed E-state index contributed by atoms with van der Waals surface area (Å²) >= 11 is 0. The number of aromatic nitrogens is 2. The van der Waals surface area contributed by atoms with E-state index in [2.05, 4.69) is 10.3 Å². The number of aryl methyl sites for hydroxylation is 1. The lowest BCUT2D eigenvalue weighted by Gasteiger charge is -2.12. The third-order valence-corrected chi connectivity index (χ3v) is 4.24. The number of carbonyl (C=O) groups excluding carboxylic acids is 1. The highest BCUT2D eigenvalue weighted by molar-refractivity contribution is 5.93. The summed E-state index contributed by atoms with van der Waals surface area (Å²) in [6.07, 6.45) is 0. The van der Waals surface area contributed by atoms with E-state index in [0.29, 0.717) is 34.3 Å². The molecule has 158 valence electrons. The molecular formula is C22H18FN3O5. The highest BCUT2D eigenvalue weighted by Gasteiger charge is 2.11. The smallest absolute Gasteiger partial charge is 0.287 e. The van der Waals surface area contributed by atoms with Crippen LogP contribution in [0.3, 0.4) is 0 Å². The maximum Gasteiger partial charge on any atom is 0.287 e. The van der Waals surface area contributed by atoms with Crippen LogP contribution in [0.15, 0.2) is 70.0 Å². The van der Waals surface area contributed by atoms with E-state index in [0.717, 1.165) is 4.57 Å². The first kappa shape index (κ1) is 20.1. The number of benzene rings is 2. The predicted octanol–water partition coefficient (Wildman–Crippen LogP) is 3.33. The van der Waals surface area contributed by atoms with Crippen molar-refractivity contribution in [2.45, 2.75) is 13.5 Å². The second-order valence-corrected chi connectivity index (χ2v) is 6.66. The molecule has 1 N–H and O–H groups in total. The monoisotopic (exact) mass is 423 g/mol. The number of amides is 1. The Hall–Kier alpha value is -4.14. The Morgan fingerprint density at radius 3 is 2.71 bits per heavy atom. The van der Waals surface area contributed by atoms with E-state index in [1.165, 1.54) is 30.3 Å². The molecule has 8 nitrogen and oxygen atoms in total. The standard InChI is InChI=1S/C22H18FN3O5/c1-14-10-20-24-16(11-22(28)26(20)31-14)12-30-19-5-3-2-4-18(19)25-21(27)13-29-17-8-6-15(23)7-9-17/h2-11H,12-13H2,1H3,(H,25,27). The summed E-state index contributed by atoms with van der Waals surface area (Å²) in [5.41, 5.74) is 0.901. The van der Waals surface area contributed by atoms with Crippen molar-refractivity contribution in [1.82, 2.24) is 9.56 Å². The number of hydrogen-bond acceptors (Lipinski definition) is 6. The van der Waals surface area contributed by atoms with E-state index in [-0.39, 0.29) is 24.6 Å². The highest BCUT2D eigenvalue weighted by Crippen LogP contribution is 2.24. The number of halogens is 1. The average molecular weight is 423 g/mol. The highest BCUT2D eigenvalue weighted by atomic mass is 19.1. The van der Waals surface area contributed by atoms with E-state index in [1.807, 2.05) is 0 Å². The van der Waals surface area contributed by atoms with E-state index in [4.69, 9.17) is 14.0 Å². The van der Waals surface area contributed by atoms with Crippen molar-refractivity contribution in [2.75, 3.05) is 11.9 Å². The van der Waals surface area contributed by atoms with Crippen LogP contribution in [0, 0.1) is 12.7 Å². The molecule has 0 spiro atoms. The molecule has 0 atom stereocenters. The molecule has 0 aliphatic carbocycles. The molecule has 2 aromatic carbocycles. The number of ether oxygens (including phenoxy) is 2. The molecule has 0 radical (unpaired) electrons. The number of hydrogen-bond donors (Lipinski definition) is 1. The molecule has 0 saturated carbocycles. The first-order valence-corrected chi connectivity index (χ1v) is 9.37. The molecule has 4 aromatic rings. The van der Waals surface area contributed by atoms with Gasteiger partial charge in [0.25, 0.3) is 11.5 Å². The van der Waals surface area contributed by atoms with Crippen LogP contribution in [0.4, 0.5) is 10.1 Å². The number of rotatable bonds is 7. The number of fused-ring (bicyclic) bond motifs is 1. The Balaban J connectivity index is 1.40. The van der Waals surface area contributed by atoms with Gasteiger partial charge in [-0.05, 0) is 43.3 Å². The minimum atomic E-state index is -0.410. The molecule has 0 saturated heterocycles. The second-order valence-electron chi connectivity index (χ2n) is 6.66. The Bertz CT molecular complexity index is 1280. The topological polar surface area (TPSA) is 95.1 Å². The number of anilines is 1. The lowest BCUT2D eigenvalue weighted by Crippen LogP contribution is -2.20. The first-order valence-electron chi connectivity index (χ1n) is 9.37. The normalized spacial score (nSPS) is 10.8. The van der Waals surface area contributed by atoms with Gasteiger partial charge in [-0.3, -0.25) is 9.59 Å². The Labute approximate surface area is 175 Å². The second kappa shape index (κ2) is 8.70. The molecule has 0 aliphatic rings. The summed E-state index contributed by atoms with van der Waals surface area (Å²) in [5, 5.41) is 2.71. The van der Waals surface area contributed by atoms with E-state index in [1.54, 1.807) is 37.3 Å². The van der Waals surface area contributed by atoms with E-state index >= 15 is 0 Å². The Kier molecular flexibility index (Phi) is 5.65. The molecule has 31 heavy (non-hydrogen) atoms. The minimum absolute atomic E-state index is 0.0227. The molecule has 2 aromatic heterocycles. The van der Waals surface area contributed by atoms with Crippen molar-refractivity contribution >= 4 is 17.2 Å². The van der Waals surface area contributed by atoms with Crippen molar-refractivity contribution in [1.29, 1.82) is 0 Å². The van der Waals surface area contributed by atoms with Crippen molar-refractivity contribution in [3.63, 3.8) is 0 Å². The van der Waals surface area contributed by atoms with E-state index in [9.17, 15) is 14.0 Å². The Morgan fingerprint density at radius 2 is 1.90 bits per heavy atom. The first-order chi connectivity index (χ1) is 15.0. The minimum Gasteiger partial charge on any atom is -0.485 e. The van der Waals surface area contributed by atoms with Crippen LogP contribution >= 0.6 is 0 Å². The van der Waals surface area contributed by atoms with Gasteiger partial charge in [-0.15, -0.1) is 4.57 Å². The molecule has 4 rings (SSSR count). The lowest BCUT2D eigenvalue weighted by atomic mass is 10.3. The molecule has 0 aliphatic heterocycles. The fraction of sp³-hybridized carbons (Fsp3) is 0.136. The third kappa shape index (κ3) is 4.89. The number of nitrogens with one attached hydrogen (secondary N) is 1. The zero-order valence-electron chi connectivity index (χ0n) is 16.5. The van der Waals surface area contributed by atoms with Crippen LogP contribution in [-0.4, -0.2) is 22.1 Å². The van der Waals surface area contributed by atoms with E-state index < -0.39 is 5.91 Å². The van der Waals surface area contributed by atoms with Gasteiger partial charge in [0, 0.05) is 12.1 Å². The van der Waals surface area contributed by atoms with Crippen LogP contribution in [0.25, 0.3) is 5.65 Å². The van der Waals surface area contributed by atoms with Gasteiger partial charge in [0.2, 0.25) is 0 Å². The van der Waals surface area contributed by atoms with Crippen LogP contribution in [0.1, 0.15) is 11.5 Å². The van der Waals surface area contributed by atoms with Crippen LogP contribution in [-0.2, 0) is 11.4 Å². The molecular weight excluding hydrogens is 405 g/mol. The summed E-state index contributed by atoms with van der Waals surface area (Å²) in [6.45, 7) is 1.49. The van der Waals surface area contributed by atoms with Gasteiger partial charge < -0.3 is 19.3 Å². The largest absolute Gasteiger partial charge is 0.485 e. The average Bonchev–Trinajstić information content (AvgIpc) is 3.13. The molecule has 2 heterocycles. The Morgan fingerprint density at radius 1 is 1.13 bits per heavy atom. The van der Waals surface area contributed by atoms with Gasteiger partial charge in [-0.25, -0.2) is 9.37 Å². The number of nitrogens with zero attached hydrogens (tertiary/aromatic N) is 2. The molecule has 9 heteroatoms. The summed E-state index contributed by atoms with van der Waals surface area (Å²) in [7, 11) is 0. The fourth-order valence-electron chi connectivity index (χ4n) is 2.86. The van der Waals surface area contributed by atoms with Crippen molar-refractivity contribution in [3.8, 4) is 11.5 Å². The van der Waals surface area contributed by atoms with Crippen molar-refractivity contribution in [2.24, 2.45) is 0 Å². The maximum absolute atomic E-state index is 12.9. The molecule has 0 fully saturated rings. The lowest BCUT2D eigenvalue weighted by molar-refractivity contribution is -0.118. The summed E-state index contributed by atoms with van der Waals surface area (Å²) in [6, 6.07) is 15.2. The molecule has 0 bridgehead atoms. The van der Waals surface area contributed by atoms with Gasteiger partial charge in [0.15, 0.2) is 12.3 Å². The summed E-state index contributed by atoms with van der Waals surface area (Å²) in [5.74, 6) is 0.555. The molecule has 1 amide bonds. The number of para-hydroxylation sites is 2. The van der Waals surface area contributed by atoms with Crippen molar-refractivity contribution in [3.05, 3.63) is 88.3 Å². The zero-order chi connectivity index (χ0) is 21.8. The van der Waals surface area contributed by atoms with Gasteiger partial charge in [0.1, 0.15) is 29.7 Å². The molecule has 0 unspecified atom stereocenters. The third-order valence-electron chi connectivity index (χ3n) is 4.24. The zero-order valence-corrected chi connectivity index (χ0v) is 16.5. The van der Waals surface area contributed by atoms with Gasteiger partial charge in [0.05, 0.1) is 11.4 Å². The summed E-state index contributed by atoms with van der Waals surface area (Å²) in [4.78, 5) is 28.7.